The monoisotopic (exact) mass is 172 g/mol. The summed E-state index contributed by atoms with van der Waals surface area (Å²) in [6.07, 6.45) is 0.930. The fourth-order valence-corrected chi connectivity index (χ4v) is 1.17. The van der Waals surface area contributed by atoms with Crippen LogP contribution in [0.2, 0.25) is 0 Å². The summed E-state index contributed by atoms with van der Waals surface area (Å²) in [6, 6.07) is 0.0835. The lowest BCUT2D eigenvalue weighted by molar-refractivity contribution is -0.141. The highest BCUT2D eigenvalue weighted by molar-refractivity contribution is 5.77. The predicted molar refractivity (Wildman–Crippen MR) is 45.5 cm³/mol. The van der Waals surface area contributed by atoms with E-state index in [0.717, 1.165) is 6.42 Å². The van der Waals surface area contributed by atoms with Crippen LogP contribution in [0.5, 0.6) is 0 Å². The Kier molecular flexibility index (Phi) is 3.05. The van der Waals surface area contributed by atoms with E-state index in [4.69, 9.17) is 10.8 Å². The largest absolute Gasteiger partial charge is 0.389 e. The maximum absolute atomic E-state index is 11.2. The number of hydrogen-bond acceptors (Lipinski definition) is 3. The second-order valence-corrected chi connectivity index (χ2v) is 3.47. The van der Waals surface area contributed by atoms with Gasteiger partial charge in [-0.15, -0.1) is 0 Å². The first-order chi connectivity index (χ1) is 5.59. The molecule has 12 heavy (non-hydrogen) atoms. The summed E-state index contributed by atoms with van der Waals surface area (Å²) in [7, 11) is 0. The molecule has 1 amide bonds. The van der Waals surface area contributed by atoms with E-state index in [1.165, 1.54) is 0 Å². The molecule has 1 fully saturated rings. The van der Waals surface area contributed by atoms with E-state index in [1.54, 1.807) is 4.90 Å². The van der Waals surface area contributed by atoms with Crippen molar-refractivity contribution < 1.29 is 9.90 Å². The SMILES string of the molecule is CC(N)CCC(=O)N1CC(O)C1. The van der Waals surface area contributed by atoms with Gasteiger partial charge in [0.25, 0.3) is 0 Å². The van der Waals surface area contributed by atoms with E-state index in [9.17, 15) is 4.79 Å². The van der Waals surface area contributed by atoms with Gasteiger partial charge in [-0.3, -0.25) is 4.79 Å². The van der Waals surface area contributed by atoms with Crippen LogP contribution in [0.4, 0.5) is 0 Å². The number of rotatable bonds is 3. The molecular weight excluding hydrogens is 156 g/mol. The molecule has 1 atom stereocenters. The second kappa shape index (κ2) is 3.87. The van der Waals surface area contributed by atoms with Crippen LogP contribution in [0, 0.1) is 0 Å². The molecule has 3 N–H and O–H groups in total. The summed E-state index contributed by atoms with van der Waals surface area (Å²) < 4.78 is 0. The van der Waals surface area contributed by atoms with Crippen LogP contribution in [-0.4, -0.2) is 41.1 Å². The first kappa shape index (κ1) is 9.48. The maximum atomic E-state index is 11.2. The number of nitrogens with two attached hydrogens (primary N) is 1. The molecule has 0 radical (unpaired) electrons. The molecule has 1 saturated heterocycles. The van der Waals surface area contributed by atoms with Gasteiger partial charge in [0.05, 0.1) is 6.10 Å². The summed E-state index contributed by atoms with van der Waals surface area (Å²) >= 11 is 0. The number of carbonyl (C=O) groups is 1. The average molecular weight is 172 g/mol. The zero-order valence-electron chi connectivity index (χ0n) is 7.36. The van der Waals surface area contributed by atoms with Gasteiger partial charge >= 0.3 is 0 Å². The highest BCUT2D eigenvalue weighted by Gasteiger charge is 2.27. The molecular formula is C8H16N2O2. The quantitative estimate of drug-likeness (QED) is 0.592. The average Bonchev–Trinajstić information content (AvgIpc) is 1.94. The second-order valence-electron chi connectivity index (χ2n) is 3.47. The van der Waals surface area contributed by atoms with Crippen LogP contribution in [0.15, 0.2) is 0 Å². The Morgan fingerprint density at radius 3 is 2.75 bits per heavy atom. The number of nitrogens with zero attached hydrogens (tertiary/aromatic N) is 1. The van der Waals surface area contributed by atoms with E-state index >= 15 is 0 Å². The topological polar surface area (TPSA) is 66.6 Å². The van der Waals surface area contributed by atoms with Crippen molar-refractivity contribution in [2.24, 2.45) is 5.73 Å². The van der Waals surface area contributed by atoms with Crippen LogP contribution in [0.3, 0.4) is 0 Å². The van der Waals surface area contributed by atoms with Crippen molar-refractivity contribution in [2.45, 2.75) is 31.9 Å². The molecule has 1 heterocycles. The Morgan fingerprint density at radius 2 is 2.33 bits per heavy atom. The van der Waals surface area contributed by atoms with Crippen LogP contribution >= 0.6 is 0 Å². The third kappa shape index (κ3) is 2.46. The lowest BCUT2D eigenvalue weighted by atomic mass is 10.1. The predicted octanol–water partition coefficient (Wildman–Crippen LogP) is -0.683. The van der Waals surface area contributed by atoms with Gasteiger partial charge < -0.3 is 15.7 Å². The molecule has 70 valence electrons. The Balaban J connectivity index is 2.13. The number of carbonyl (C=O) groups excluding carboxylic acids is 1. The van der Waals surface area contributed by atoms with E-state index in [2.05, 4.69) is 0 Å². The lowest BCUT2D eigenvalue weighted by Gasteiger charge is -2.36. The number of likely N-dealkylation sites (tertiary alicyclic amines) is 1. The smallest absolute Gasteiger partial charge is 0.222 e. The van der Waals surface area contributed by atoms with E-state index in [0.29, 0.717) is 19.5 Å². The molecule has 0 aromatic carbocycles. The molecule has 0 saturated carbocycles. The van der Waals surface area contributed by atoms with Gasteiger partial charge in [0.1, 0.15) is 0 Å². The molecule has 0 aliphatic carbocycles. The normalized spacial score (nSPS) is 20.4. The highest BCUT2D eigenvalue weighted by Crippen LogP contribution is 2.10. The minimum atomic E-state index is -0.302. The lowest BCUT2D eigenvalue weighted by Crippen LogP contribution is -2.53. The Hall–Kier alpha value is -0.610. The summed E-state index contributed by atoms with van der Waals surface area (Å²) in [5.74, 6) is 0.109. The van der Waals surface area contributed by atoms with Gasteiger partial charge in [0.2, 0.25) is 5.91 Å². The van der Waals surface area contributed by atoms with Crippen molar-refractivity contribution >= 4 is 5.91 Å². The van der Waals surface area contributed by atoms with Crippen molar-refractivity contribution in [3.63, 3.8) is 0 Å². The molecule has 0 bridgehead atoms. The maximum Gasteiger partial charge on any atom is 0.222 e. The van der Waals surface area contributed by atoms with Crippen molar-refractivity contribution in [3.8, 4) is 0 Å². The molecule has 1 rings (SSSR count). The zero-order chi connectivity index (χ0) is 9.14. The molecule has 1 unspecified atom stereocenters. The number of amides is 1. The Bertz CT molecular complexity index is 164. The molecule has 0 aromatic rings. The van der Waals surface area contributed by atoms with Crippen LogP contribution in [-0.2, 0) is 4.79 Å². The summed E-state index contributed by atoms with van der Waals surface area (Å²) in [5, 5.41) is 8.93. The van der Waals surface area contributed by atoms with Gasteiger partial charge in [0.15, 0.2) is 0 Å². The third-order valence-corrected chi connectivity index (χ3v) is 2.03. The number of aliphatic hydroxyl groups excluding tert-OH is 1. The molecule has 1 aliphatic heterocycles. The van der Waals surface area contributed by atoms with Gasteiger partial charge in [-0.1, -0.05) is 0 Å². The molecule has 4 heteroatoms. The van der Waals surface area contributed by atoms with Gasteiger partial charge in [-0.05, 0) is 13.3 Å². The number of β-amino-alcohol motifs (C(OH)–C–C–N with tert-alkyl or cyclic N) is 1. The van der Waals surface area contributed by atoms with Crippen LogP contribution < -0.4 is 5.73 Å². The molecule has 1 aliphatic rings. The van der Waals surface area contributed by atoms with Crippen molar-refractivity contribution in [1.29, 1.82) is 0 Å². The van der Waals surface area contributed by atoms with Crippen LogP contribution in [0.25, 0.3) is 0 Å². The molecule has 4 nitrogen and oxygen atoms in total. The van der Waals surface area contributed by atoms with Gasteiger partial charge in [0, 0.05) is 25.6 Å². The van der Waals surface area contributed by atoms with Crippen molar-refractivity contribution in [1.82, 2.24) is 4.90 Å². The molecule has 0 aromatic heterocycles. The minimum absolute atomic E-state index is 0.0835. The summed E-state index contributed by atoms with van der Waals surface area (Å²) in [4.78, 5) is 12.9. The zero-order valence-corrected chi connectivity index (χ0v) is 7.36. The number of aliphatic hydroxyl groups is 1. The van der Waals surface area contributed by atoms with Crippen molar-refractivity contribution in [2.75, 3.05) is 13.1 Å². The fourth-order valence-electron chi connectivity index (χ4n) is 1.17. The minimum Gasteiger partial charge on any atom is -0.389 e. The van der Waals surface area contributed by atoms with Crippen LogP contribution in [0.1, 0.15) is 19.8 Å². The fraction of sp³-hybridized carbons (Fsp3) is 0.875. The Labute approximate surface area is 72.3 Å². The molecule has 0 spiro atoms. The first-order valence-corrected chi connectivity index (χ1v) is 4.31. The number of hydrogen-bond donors (Lipinski definition) is 2. The van der Waals surface area contributed by atoms with Gasteiger partial charge in [-0.25, -0.2) is 0 Å². The van der Waals surface area contributed by atoms with Gasteiger partial charge in [-0.2, -0.15) is 0 Å². The third-order valence-electron chi connectivity index (χ3n) is 2.03. The summed E-state index contributed by atoms with van der Waals surface area (Å²) in [6.45, 7) is 2.88. The standard InChI is InChI=1S/C8H16N2O2/c1-6(9)2-3-8(12)10-4-7(11)5-10/h6-7,11H,2-5,9H2,1H3. The van der Waals surface area contributed by atoms with E-state index < -0.39 is 0 Å². The Morgan fingerprint density at radius 1 is 1.75 bits per heavy atom. The van der Waals surface area contributed by atoms with Crippen molar-refractivity contribution in [3.05, 3.63) is 0 Å². The summed E-state index contributed by atoms with van der Waals surface area (Å²) in [5.41, 5.74) is 5.51. The van der Waals surface area contributed by atoms with E-state index in [-0.39, 0.29) is 18.1 Å². The first-order valence-electron chi connectivity index (χ1n) is 4.31. The highest BCUT2D eigenvalue weighted by atomic mass is 16.3. The van der Waals surface area contributed by atoms with E-state index in [1.807, 2.05) is 6.92 Å².